The van der Waals surface area contributed by atoms with Gasteiger partial charge in [-0.1, -0.05) is 47.0 Å². The van der Waals surface area contributed by atoms with Crippen LogP contribution in [0.25, 0.3) is 0 Å². The van der Waals surface area contributed by atoms with Crippen LogP contribution >= 0.6 is 23.2 Å². The van der Waals surface area contributed by atoms with Crippen LogP contribution in [0.5, 0.6) is 0 Å². The molecular formula is C21H24Cl2N2O3S. The maximum Gasteiger partial charge on any atom is 0.227 e. The zero-order valence-corrected chi connectivity index (χ0v) is 18.7. The van der Waals surface area contributed by atoms with Crippen molar-refractivity contribution in [2.24, 2.45) is 5.92 Å². The Morgan fingerprint density at radius 1 is 1.10 bits per heavy atom. The van der Waals surface area contributed by atoms with E-state index in [0.29, 0.717) is 41.5 Å². The van der Waals surface area contributed by atoms with Gasteiger partial charge in [-0.3, -0.25) is 4.79 Å². The lowest BCUT2D eigenvalue weighted by Crippen LogP contribution is -2.42. The Balaban J connectivity index is 1.59. The number of halogens is 2. The van der Waals surface area contributed by atoms with Crippen molar-refractivity contribution in [3.05, 3.63) is 63.1 Å². The fraction of sp³-hybridized carbons (Fsp3) is 0.381. The first kappa shape index (κ1) is 22.1. The van der Waals surface area contributed by atoms with Crippen molar-refractivity contribution >= 4 is 44.8 Å². The van der Waals surface area contributed by atoms with Gasteiger partial charge in [-0.25, -0.2) is 12.7 Å². The number of sulfonamides is 1. The number of amides is 1. The lowest BCUT2D eigenvalue weighted by molar-refractivity contribution is -0.120. The zero-order valence-electron chi connectivity index (χ0n) is 16.4. The normalized spacial score (nSPS) is 16.0. The first-order valence-electron chi connectivity index (χ1n) is 9.45. The number of nitrogens with zero attached hydrogens (tertiary/aromatic N) is 1. The molecule has 0 atom stereocenters. The maximum atomic E-state index is 12.8. The molecule has 2 aromatic carbocycles. The van der Waals surface area contributed by atoms with E-state index >= 15 is 0 Å². The molecule has 1 N–H and O–H groups in total. The van der Waals surface area contributed by atoms with Gasteiger partial charge in [0.15, 0.2) is 0 Å². The minimum Gasteiger partial charge on any atom is -0.326 e. The molecule has 8 heteroatoms. The van der Waals surface area contributed by atoms with E-state index in [9.17, 15) is 13.2 Å². The number of aryl methyl sites for hydroxylation is 2. The van der Waals surface area contributed by atoms with Crippen molar-refractivity contribution in [3.8, 4) is 0 Å². The molecule has 1 aliphatic heterocycles. The van der Waals surface area contributed by atoms with Crippen LogP contribution in [0.15, 0.2) is 36.4 Å². The largest absolute Gasteiger partial charge is 0.326 e. The summed E-state index contributed by atoms with van der Waals surface area (Å²) in [5, 5.41) is 3.78. The second-order valence-electron chi connectivity index (χ2n) is 7.47. The molecule has 0 spiro atoms. The molecule has 5 nitrogen and oxygen atoms in total. The van der Waals surface area contributed by atoms with Crippen LogP contribution in [0.4, 0.5) is 5.69 Å². The van der Waals surface area contributed by atoms with Gasteiger partial charge >= 0.3 is 0 Å². The highest BCUT2D eigenvalue weighted by molar-refractivity contribution is 7.88. The highest BCUT2D eigenvalue weighted by Crippen LogP contribution is 2.27. The number of nitrogens with one attached hydrogen (secondary N) is 1. The molecule has 2 aromatic rings. The van der Waals surface area contributed by atoms with Crippen LogP contribution in [0, 0.1) is 19.8 Å². The predicted molar refractivity (Wildman–Crippen MR) is 118 cm³/mol. The van der Waals surface area contributed by atoms with Crippen molar-refractivity contribution in [2.45, 2.75) is 32.4 Å². The Kier molecular flexibility index (Phi) is 6.89. The van der Waals surface area contributed by atoms with Gasteiger partial charge < -0.3 is 5.32 Å². The van der Waals surface area contributed by atoms with Gasteiger partial charge in [0.2, 0.25) is 15.9 Å². The van der Waals surface area contributed by atoms with E-state index < -0.39 is 10.0 Å². The number of carbonyl (C=O) groups is 1. The van der Waals surface area contributed by atoms with Crippen LogP contribution in [-0.2, 0) is 20.6 Å². The van der Waals surface area contributed by atoms with E-state index in [1.54, 1.807) is 12.1 Å². The minimum absolute atomic E-state index is 0.0604. The Morgan fingerprint density at radius 2 is 1.79 bits per heavy atom. The number of rotatable bonds is 5. The molecule has 156 valence electrons. The number of anilines is 1. The number of benzene rings is 2. The Hall–Kier alpha value is -1.60. The summed E-state index contributed by atoms with van der Waals surface area (Å²) in [5.41, 5.74) is 3.47. The number of hydrogen-bond donors (Lipinski definition) is 1. The molecule has 0 saturated carbocycles. The Bertz CT molecular complexity index is 1020. The second-order valence-corrected chi connectivity index (χ2v) is 10.3. The lowest BCUT2D eigenvalue weighted by Gasteiger charge is -2.30. The van der Waals surface area contributed by atoms with Gasteiger partial charge in [-0.2, -0.15) is 0 Å². The molecule has 0 bridgehead atoms. The fourth-order valence-electron chi connectivity index (χ4n) is 3.51. The quantitative estimate of drug-likeness (QED) is 0.705. The van der Waals surface area contributed by atoms with Gasteiger partial charge in [0.05, 0.1) is 5.75 Å². The van der Waals surface area contributed by atoms with Gasteiger partial charge in [0.1, 0.15) is 0 Å². The fourth-order valence-corrected chi connectivity index (χ4v) is 5.66. The van der Waals surface area contributed by atoms with E-state index in [0.717, 1.165) is 16.8 Å². The molecule has 1 heterocycles. The predicted octanol–water partition coefficient (Wildman–Crippen LogP) is 4.79. The standard InChI is InChI=1S/C21H24Cl2N2O3S/c1-14-3-6-20(15(2)11-14)24-21(26)16-7-9-25(10-8-16)29(27,28)13-17-4-5-18(22)12-19(17)23/h3-6,11-12,16H,7-10,13H2,1-2H3,(H,24,26). The maximum absolute atomic E-state index is 12.8. The summed E-state index contributed by atoms with van der Waals surface area (Å²) >= 11 is 12.0. The molecule has 0 aromatic heterocycles. The topological polar surface area (TPSA) is 66.5 Å². The Morgan fingerprint density at radius 3 is 2.41 bits per heavy atom. The second kappa shape index (κ2) is 9.04. The van der Waals surface area contributed by atoms with Crippen molar-refractivity contribution in [1.29, 1.82) is 0 Å². The van der Waals surface area contributed by atoms with E-state index in [1.807, 2.05) is 32.0 Å². The molecule has 1 fully saturated rings. The summed E-state index contributed by atoms with van der Waals surface area (Å²) in [5.74, 6) is -0.446. The van der Waals surface area contributed by atoms with Crippen molar-refractivity contribution in [3.63, 3.8) is 0 Å². The molecule has 29 heavy (non-hydrogen) atoms. The van der Waals surface area contributed by atoms with E-state index in [-0.39, 0.29) is 17.6 Å². The smallest absolute Gasteiger partial charge is 0.227 e. The number of piperidine rings is 1. The summed E-state index contributed by atoms with van der Waals surface area (Å²) in [6.07, 6.45) is 0.981. The van der Waals surface area contributed by atoms with Crippen LogP contribution in [0.3, 0.4) is 0 Å². The first-order chi connectivity index (χ1) is 13.7. The molecule has 3 rings (SSSR count). The lowest BCUT2D eigenvalue weighted by atomic mass is 9.97. The zero-order chi connectivity index (χ0) is 21.2. The summed E-state index contributed by atoms with van der Waals surface area (Å²) in [4.78, 5) is 12.6. The van der Waals surface area contributed by atoms with Crippen molar-refractivity contribution in [1.82, 2.24) is 4.31 Å². The summed E-state index contributed by atoms with van der Waals surface area (Å²) in [6, 6.07) is 10.7. The van der Waals surface area contributed by atoms with E-state index in [1.165, 1.54) is 10.4 Å². The van der Waals surface area contributed by atoms with Crippen LogP contribution in [0.2, 0.25) is 10.0 Å². The first-order valence-corrected chi connectivity index (χ1v) is 11.8. The third kappa shape index (κ3) is 5.51. The van der Waals surface area contributed by atoms with Gasteiger partial charge in [0.25, 0.3) is 0 Å². The molecule has 1 amide bonds. The van der Waals surface area contributed by atoms with Crippen molar-refractivity contribution < 1.29 is 13.2 Å². The molecule has 1 saturated heterocycles. The summed E-state index contributed by atoms with van der Waals surface area (Å²) in [7, 11) is -3.52. The van der Waals surface area contributed by atoms with Gasteiger partial charge in [-0.05, 0) is 56.0 Å². The highest BCUT2D eigenvalue weighted by atomic mass is 35.5. The average molecular weight is 455 g/mol. The van der Waals surface area contributed by atoms with E-state index in [2.05, 4.69) is 5.32 Å². The molecule has 1 aliphatic rings. The highest BCUT2D eigenvalue weighted by Gasteiger charge is 2.31. The third-order valence-corrected chi connectivity index (χ3v) is 7.63. The monoisotopic (exact) mass is 454 g/mol. The van der Waals surface area contributed by atoms with Crippen LogP contribution in [0.1, 0.15) is 29.5 Å². The number of carbonyl (C=O) groups excluding carboxylic acids is 1. The molecule has 0 unspecified atom stereocenters. The average Bonchev–Trinajstić information content (AvgIpc) is 2.66. The third-order valence-electron chi connectivity index (χ3n) is 5.21. The SMILES string of the molecule is Cc1ccc(NC(=O)C2CCN(S(=O)(=O)Cc3ccc(Cl)cc3Cl)CC2)c(C)c1. The minimum atomic E-state index is -3.52. The van der Waals surface area contributed by atoms with Gasteiger partial charge in [-0.15, -0.1) is 0 Å². The number of hydrogen-bond acceptors (Lipinski definition) is 3. The summed E-state index contributed by atoms with van der Waals surface area (Å²) in [6.45, 7) is 4.60. The van der Waals surface area contributed by atoms with Gasteiger partial charge in [0, 0.05) is 34.7 Å². The van der Waals surface area contributed by atoms with Crippen molar-refractivity contribution in [2.75, 3.05) is 18.4 Å². The van der Waals surface area contributed by atoms with Crippen LogP contribution < -0.4 is 5.32 Å². The summed E-state index contributed by atoms with van der Waals surface area (Å²) < 4.78 is 27.0. The Labute approximate surface area is 182 Å². The molecule has 0 radical (unpaired) electrons. The molecular weight excluding hydrogens is 431 g/mol. The van der Waals surface area contributed by atoms with Crippen LogP contribution in [-0.4, -0.2) is 31.7 Å². The molecule has 0 aliphatic carbocycles. The van der Waals surface area contributed by atoms with E-state index in [4.69, 9.17) is 23.2 Å².